The molecule has 100 valence electrons. The zero-order valence-corrected chi connectivity index (χ0v) is 10.8. The predicted molar refractivity (Wildman–Crippen MR) is 70.7 cm³/mol. The summed E-state index contributed by atoms with van der Waals surface area (Å²) in [4.78, 5) is 13.3. The van der Waals surface area contributed by atoms with E-state index in [9.17, 15) is 4.79 Å². The lowest BCUT2D eigenvalue weighted by molar-refractivity contribution is 0.167. The van der Waals surface area contributed by atoms with Gasteiger partial charge in [-0.15, -0.1) is 0 Å². The van der Waals surface area contributed by atoms with Crippen LogP contribution in [-0.4, -0.2) is 47.4 Å². The molecule has 3 N–H and O–H groups in total. The van der Waals surface area contributed by atoms with Gasteiger partial charge in [-0.2, -0.15) is 0 Å². The molecule has 0 atom stereocenters. The first-order chi connectivity index (χ1) is 8.58. The highest BCUT2D eigenvalue weighted by Crippen LogP contribution is 2.16. The van der Waals surface area contributed by atoms with E-state index in [0.717, 1.165) is 16.8 Å². The SMILES string of the molecule is Cc1ccc(NC(=O)N(CCO)CCO)c(C)c1. The number of nitrogens with zero attached hydrogens (tertiary/aromatic N) is 1. The highest BCUT2D eigenvalue weighted by Gasteiger charge is 2.13. The van der Waals surface area contributed by atoms with Crippen molar-refractivity contribution in [2.75, 3.05) is 31.6 Å². The average Bonchev–Trinajstić information content (AvgIpc) is 2.32. The Labute approximate surface area is 107 Å². The molecule has 0 saturated heterocycles. The van der Waals surface area contributed by atoms with Crippen LogP contribution in [0.3, 0.4) is 0 Å². The first-order valence-electron chi connectivity index (χ1n) is 5.93. The van der Waals surface area contributed by atoms with Gasteiger partial charge in [0.05, 0.1) is 13.2 Å². The molecular formula is C13H20N2O3. The van der Waals surface area contributed by atoms with Gasteiger partial charge >= 0.3 is 6.03 Å². The highest BCUT2D eigenvalue weighted by molar-refractivity contribution is 5.90. The maximum absolute atomic E-state index is 11.9. The Balaban J connectivity index is 2.72. The van der Waals surface area contributed by atoms with Crippen LogP contribution in [0.5, 0.6) is 0 Å². The Bertz CT molecular complexity index is 401. The Morgan fingerprint density at radius 1 is 1.22 bits per heavy atom. The van der Waals surface area contributed by atoms with Crippen LogP contribution in [-0.2, 0) is 0 Å². The third-order valence-electron chi connectivity index (χ3n) is 2.65. The summed E-state index contributed by atoms with van der Waals surface area (Å²) in [6, 6.07) is 5.44. The molecule has 0 unspecified atom stereocenters. The zero-order chi connectivity index (χ0) is 13.5. The average molecular weight is 252 g/mol. The summed E-state index contributed by atoms with van der Waals surface area (Å²) in [6.07, 6.45) is 0. The number of nitrogens with one attached hydrogen (secondary N) is 1. The number of aliphatic hydroxyl groups is 2. The summed E-state index contributed by atoms with van der Waals surface area (Å²) < 4.78 is 0. The maximum Gasteiger partial charge on any atom is 0.322 e. The van der Waals surface area contributed by atoms with Crippen LogP contribution in [0.1, 0.15) is 11.1 Å². The van der Waals surface area contributed by atoms with Crippen molar-refractivity contribution < 1.29 is 15.0 Å². The molecule has 0 aliphatic carbocycles. The first kappa shape index (κ1) is 14.5. The zero-order valence-electron chi connectivity index (χ0n) is 10.8. The van der Waals surface area contributed by atoms with Crippen molar-refractivity contribution in [1.29, 1.82) is 0 Å². The fraction of sp³-hybridized carbons (Fsp3) is 0.462. The molecule has 1 aromatic carbocycles. The Morgan fingerprint density at radius 3 is 2.33 bits per heavy atom. The van der Waals surface area contributed by atoms with Crippen LogP contribution in [0.4, 0.5) is 10.5 Å². The monoisotopic (exact) mass is 252 g/mol. The van der Waals surface area contributed by atoms with Gasteiger partial charge in [0.15, 0.2) is 0 Å². The molecule has 0 fully saturated rings. The summed E-state index contributed by atoms with van der Waals surface area (Å²) in [5, 5.41) is 20.5. The molecule has 0 saturated carbocycles. The van der Waals surface area contributed by atoms with Crippen molar-refractivity contribution in [3.8, 4) is 0 Å². The van der Waals surface area contributed by atoms with Gasteiger partial charge in [-0.25, -0.2) is 4.79 Å². The van der Waals surface area contributed by atoms with Crippen molar-refractivity contribution in [2.24, 2.45) is 0 Å². The van der Waals surface area contributed by atoms with Crippen molar-refractivity contribution >= 4 is 11.7 Å². The molecule has 0 aliphatic rings. The highest BCUT2D eigenvalue weighted by atomic mass is 16.3. The number of benzene rings is 1. The molecule has 0 bridgehead atoms. The quantitative estimate of drug-likeness (QED) is 0.735. The number of rotatable bonds is 5. The lowest BCUT2D eigenvalue weighted by atomic mass is 10.1. The molecule has 1 rings (SSSR count). The molecule has 0 radical (unpaired) electrons. The van der Waals surface area contributed by atoms with Crippen LogP contribution in [0.25, 0.3) is 0 Å². The van der Waals surface area contributed by atoms with Crippen molar-refractivity contribution in [3.05, 3.63) is 29.3 Å². The molecule has 5 nitrogen and oxygen atoms in total. The van der Waals surface area contributed by atoms with Crippen molar-refractivity contribution in [1.82, 2.24) is 4.90 Å². The van der Waals surface area contributed by atoms with Gasteiger partial charge in [-0.1, -0.05) is 17.7 Å². The lowest BCUT2D eigenvalue weighted by Crippen LogP contribution is -2.39. The van der Waals surface area contributed by atoms with Gasteiger partial charge in [0.25, 0.3) is 0 Å². The summed E-state index contributed by atoms with van der Waals surface area (Å²) in [6.45, 7) is 4.07. The topological polar surface area (TPSA) is 72.8 Å². The summed E-state index contributed by atoms with van der Waals surface area (Å²) in [5.74, 6) is 0. The lowest BCUT2D eigenvalue weighted by Gasteiger charge is -2.21. The Kier molecular flexibility index (Phi) is 5.61. The van der Waals surface area contributed by atoms with Crippen LogP contribution in [0.2, 0.25) is 0 Å². The van der Waals surface area contributed by atoms with Gasteiger partial charge in [-0.3, -0.25) is 0 Å². The molecule has 0 aliphatic heterocycles. The molecule has 1 aromatic rings. The number of hydrogen-bond donors (Lipinski definition) is 3. The van der Waals surface area contributed by atoms with Crippen molar-refractivity contribution in [2.45, 2.75) is 13.8 Å². The van der Waals surface area contributed by atoms with Crippen LogP contribution < -0.4 is 5.32 Å². The van der Waals surface area contributed by atoms with Crippen LogP contribution >= 0.6 is 0 Å². The smallest absolute Gasteiger partial charge is 0.322 e. The second-order valence-corrected chi connectivity index (χ2v) is 4.18. The van der Waals surface area contributed by atoms with Gasteiger partial charge in [0.2, 0.25) is 0 Å². The second-order valence-electron chi connectivity index (χ2n) is 4.18. The fourth-order valence-corrected chi connectivity index (χ4v) is 1.70. The Morgan fingerprint density at radius 2 is 1.83 bits per heavy atom. The van der Waals surface area contributed by atoms with Gasteiger partial charge in [0.1, 0.15) is 0 Å². The largest absolute Gasteiger partial charge is 0.395 e. The summed E-state index contributed by atoms with van der Waals surface area (Å²) in [7, 11) is 0. The molecule has 5 heteroatoms. The number of aliphatic hydroxyl groups excluding tert-OH is 2. The number of urea groups is 1. The molecule has 18 heavy (non-hydrogen) atoms. The van der Waals surface area contributed by atoms with Crippen molar-refractivity contribution in [3.63, 3.8) is 0 Å². The van der Waals surface area contributed by atoms with Crippen LogP contribution in [0.15, 0.2) is 18.2 Å². The number of hydrogen-bond acceptors (Lipinski definition) is 3. The Hall–Kier alpha value is -1.59. The minimum absolute atomic E-state index is 0.125. The van der Waals surface area contributed by atoms with Gasteiger partial charge < -0.3 is 20.4 Å². The predicted octanol–water partition coefficient (Wildman–Crippen LogP) is 1.12. The van der Waals surface area contributed by atoms with E-state index in [0.29, 0.717) is 0 Å². The molecule has 2 amide bonds. The standard InChI is InChI=1S/C13H20N2O3/c1-10-3-4-12(11(2)9-10)14-13(18)15(5-7-16)6-8-17/h3-4,9,16-17H,5-8H2,1-2H3,(H,14,18). The van der Waals surface area contributed by atoms with E-state index in [1.807, 2.05) is 32.0 Å². The van der Waals surface area contributed by atoms with Gasteiger partial charge in [-0.05, 0) is 25.5 Å². The molecule has 0 spiro atoms. The van der Waals surface area contributed by atoms with E-state index in [2.05, 4.69) is 5.32 Å². The summed E-state index contributed by atoms with van der Waals surface area (Å²) >= 11 is 0. The number of anilines is 1. The number of carbonyl (C=O) groups excluding carboxylic acids is 1. The second kappa shape index (κ2) is 6.98. The first-order valence-corrected chi connectivity index (χ1v) is 5.93. The number of amides is 2. The minimum atomic E-state index is -0.315. The fourth-order valence-electron chi connectivity index (χ4n) is 1.70. The number of carbonyl (C=O) groups is 1. The third-order valence-corrected chi connectivity index (χ3v) is 2.65. The van der Waals surface area contributed by atoms with E-state index in [-0.39, 0.29) is 32.3 Å². The summed E-state index contributed by atoms with van der Waals surface area (Å²) in [5.41, 5.74) is 2.86. The molecular weight excluding hydrogens is 232 g/mol. The molecule has 0 aromatic heterocycles. The van der Waals surface area contributed by atoms with E-state index < -0.39 is 0 Å². The maximum atomic E-state index is 11.9. The number of aryl methyl sites for hydroxylation is 2. The van der Waals surface area contributed by atoms with Crippen LogP contribution in [0, 0.1) is 13.8 Å². The third kappa shape index (κ3) is 4.01. The van der Waals surface area contributed by atoms with E-state index in [1.54, 1.807) is 0 Å². The van der Waals surface area contributed by atoms with E-state index in [4.69, 9.17) is 10.2 Å². The van der Waals surface area contributed by atoms with Gasteiger partial charge in [0, 0.05) is 18.8 Å². The molecule has 0 heterocycles. The van der Waals surface area contributed by atoms with E-state index >= 15 is 0 Å². The van der Waals surface area contributed by atoms with E-state index in [1.165, 1.54) is 4.90 Å². The minimum Gasteiger partial charge on any atom is -0.395 e. The normalized spacial score (nSPS) is 10.2.